The monoisotopic (exact) mass is 344 g/mol. The molecule has 0 aliphatic carbocycles. The van der Waals surface area contributed by atoms with Gasteiger partial charge in [0.25, 0.3) is 0 Å². The molecular formula is C13H17IN2O. The number of nitrogens with one attached hydrogen (secondary N) is 2. The van der Waals surface area contributed by atoms with Crippen molar-refractivity contribution in [2.75, 3.05) is 13.7 Å². The van der Waals surface area contributed by atoms with Gasteiger partial charge in [-0.15, -0.1) is 0 Å². The lowest BCUT2D eigenvalue weighted by atomic mass is 9.97. The van der Waals surface area contributed by atoms with Crippen molar-refractivity contribution in [2.45, 2.75) is 19.3 Å². The molecule has 2 N–H and O–H groups in total. The molecule has 92 valence electrons. The van der Waals surface area contributed by atoms with Crippen molar-refractivity contribution in [1.29, 1.82) is 0 Å². The maximum atomic E-state index is 5.28. The Labute approximate surface area is 115 Å². The lowest BCUT2D eigenvalue weighted by Crippen LogP contribution is -2.04. The second kappa shape index (κ2) is 5.73. The fraction of sp³-hybridized carbons (Fsp3) is 0.385. The summed E-state index contributed by atoms with van der Waals surface area (Å²) in [6.07, 6.45) is 3.25. The molecule has 17 heavy (non-hydrogen) atoms. The van der Waals surface area contributed by atoms with Gasteiger partial charge in [-0.3, -0.25) is 3.53 Å². The van der Waals surface area contributed by atoms with Crippen molar-refractivity contribution >= 4 is 33.8 Å². The van der Waals surface area contributed by atoms with E-state index >= 15 is 0 Å². The molecule has 0 radical (unpaired) electrons. The number of aromatic amines is 1. The van der Waals surface area contributed by atoms with Crippen LogP contribution in [0.4, 0.5) is 0 Å². The summed E-state index contributed by atoms with van der Waals surface area (Å²) in [6, 6.07) is 6.16. The quantitative estimate of drug-likeness (QED) is 0.642. The molecule has 1 aromatic heterocycles. The van der Waals surface area contributed by atoms with E-state index < -0.39 is 0 Å². The fourth-order valence-electron chi connectivity index (χ4n) is 2.08. The van der Waals surface area contributed by atoms with Gasteiger partial charge in [-0.1, -0.05) is 6.92 Å². The number of hydrogen-bond donors (Lipinski definition) is 2. The van der Waals surface area contributed by atoms with Crippen LogP contribution in [0.1, 0.15) is 24.8 Å². The zero-order valence-electron chi connectivity index (χ0n) is 10.1. The summed E-state index contributed by atoms with van der Waals surface area (Å²) in [4.78, 5) is 3.32. The van der Waals surface area contributed by atoms with Gasteiger partial charge in [0.05, 0.1) is 7.11 Å². The minimum absolute atomic E-state index is 0.540. The molecule has 1 aromatic carbocycles. The second-order valence-electron chi connectivity index (χ2n) is 4.23. The molecule has 0 saturated heterocycles. The SMILES string of the molecule is COc1ccc2[nH]cc([C@H](C)CCNI)c2c1. The van der Waals surface area contributed by atoms with Crippen LogP contribution in [0.5, 0.6) is 5.75 Å². The zero-order valence-corrected chi connectivity index (χ0v) is 12.2. The molecule has 0 fully saturated rings. The van der Waals surface area contributed by atoms with E-state index in [4.69, 9.17) is 4.74 Å². The number of ether oxygens (including phenoxy) is 1. The van der Waals surface area contributed by atoms with Gasteiger partial charge >= 0.3 is 0 Å². The molecule has 0 unspecified atom stereocenters. The Morgan fingerprint density at radius 3 is 3.00 bits per heavy atom. The first-order valence-corrected chi connectivity index (χ1v) is 6.82. The molecule has 3 nitrogen and oxygen atoms in total. The molecule has 0 spiro atoms. The molecule has 2 aromatic rings. The highest BCUT2D eigenvalue weighted by Crippen LogP contribution is 2.30. The smallest absolute Gasteiger partial charge is 0.119 e. The summed E-state index contributed by atoms with van der Waals surface area (Å²) in [5, 5.41) is 1.27. The third-order valence-corrected chi connectivity index (χ3v) is 3.66. The lowest BCUT2D eigenvalue weighted by molar-refractivity contribution is 0.415. The van der Waals surface area contributed by atoms with Crippen LogP contribution in [0, 0.1) is 0 Å². The maximum Gasteiger partial charge on any atom is 0.119 e. The first-order valence-electron chi connectivity index (χ1n) is 5.74. The van der Waals surface area contributed by atoms with E-state index in [0.717, 1.165) is 18.7 Å². The van der Waals surface area contributed by atoms with Gasteiger partial charge < -0.3 is 9.72 Å². The first kappa shape index (κ1) is 12.7. The molecule has 1 heterocycles. The van der Waals surface area contributed by atoms with Gasteiger partial charge in [0.15, 0.2) is 0 Å². The molecule has 4 heteroatoms. The Morgan fingerprint density at radius 1 is 1.47 bits per heavy atom. The number of rotatable bonds is 5. The second-order valence-corrected chi connectivity index (χ2v) is 4.99. The average molecular weight is 344 g/mol. The molecule has 0 aliphatic rings. The number of benzene rings is 1. The third-order valence-electron chi connectivity index (χ3n) is 3.12. The Morgan fingerprint density at radius 2 is 2.29 bits per heavy atom. The third kappa shape index (κ3) is 2.74. The van der Waals surface area contributed by atoms with Crippen molar-refractivity contribution in [3.05, 3.63) is 30.0 Å². The lowest BCUT2D eigenvalue weighted by Gasteiger charge is -2.10. The van der Waals surface area contributed by atoms with E-state index in [-0.39, 0.29) is 0 Å². The van der Waals surface area contributed by atoms with Gasteiger partial charge in [-0.05, 0) is 36.1 Å². The summed E-state index contributed by atoms with van der Waals surface area (Å²) in [5.74, 6) is 1.45. The summed E-state index contributed by atoms with van der Waals surface area (Å²) >= 11 is 2.19. The Kier molecular flexibility index (Phi) is 4.28. The summed E-state index contributed by atoms with van der Waals surface area (Å²) in [7, 11) is 1.71. The van der Waals surface area contributed by atoms with Gasteiger partial charge in [0.1, 0.15) is 5.75 Å². The predicted octanol–water partition coefficient (Wildman–Crippen LogP) is 3.61. The van der Waals surface area contributed by atoms with Crippen LogP contribution in [0.3, 0.4) is 0 Å². The van der Waals surface area contributed by atoms with Crippen molar-refractivity contribution in [3.8, 4) is 5.75 Å². The van der Waals surface area contributed by atoms with Crippen molar-refractivity contribution in [1.82, 2.24) is 8.51 Å². The standard InChI is InChI=1S/C13H17IN2O/c1-9(5-6-16-14)12-8-15-13-4-3-10(17-2)7-11(12)13/h3-4,7-9,15-16H,5-6H2,1-2H3/t9-/m1/s1. The minimum atomic E-state index is 0.540. The number of fused-ring (bicyclic) bond motifs is 1. The van der Waals surface area contributed by atoms with Gasteiger partial charge in [0.2, 0.25) is 0 Å². The maximum absolute atomic E-state index is 5.28. The molecule has 0 aliphatic heterocycles. The van der Waals surface area contributed by atoms with Gasteiger partial charge in [0, 0.05) is 46.5 Å². The number of hydrogen-bond acceptors (Lipinski definition) is 2. The van der Waals surface area contributed by atoms with Crippen LogP contribution in [0.2, 0.25) is 0 Å². The number of methoxy groups -OCH3 is 1. The minimum Gasteiger partial charge on any atom is -0.497 e. The summed E-state index contributed by atoms with van der Waals surface area (Å²) < 4.78 is 8.45. The number of H-pyrrole nitrogens is 1. The van der Waals surface area contributed by atoms with E-state index in [1.807, 2.05) is 6.07 Å². The molecular weight excluding hydrogens is 327 g/mol. The average Bonchev–Trinajstić information content (AvgIpc) is 2.78. The summed E-state index contributed by atoms with van der Waals surface area (Å²) in [6.45, 7) is 3.29. The van der Waals surface area contributed by atoms with Gasteiger partial charge in [-0.2, -0.15) is 0 Å². The Bertz CT molecular complexity index is 495. The molecule has 2 rings (SSSR count). The highest BCUT2D eigenvalue weighted by molar-refractivity contribution is 14.1. The van der Waals surface area contributed by atoms with Gasteiger partial charge in [-0.25, -0.2) is 0 Å². The van der Waals surface area contributed by atoms with Crippen LogP contribution in [0.25, 0.3) is 10.9 Å². The molecule has 0 amide bonds. The van der Waals surface area contributed by atoms with Crippen molar-refractivity contribution in [2.24, 2.45) is 0 Å². The predicted molar refractivity (Wildman–Crippen MR) is 79.9 cm³/mol. The van der Waals surface area contributed by atoms with Crippen LogP contribution < -0.4 is 8.27 Å². The highest BCUT2D eigenvalue weighted by atomic mass is 127. The van der Waals surface area contributed by atoms with Crippen molar-refractivity contribution in [3.63, 3.8) is 0 Å². The van der Waals surface area contributed by atoms with E-state index in [9.17, 15) is 0 Å². The topological polar surface area (TPSA) is 37.0 Å². The van der Waals surface area contributed by atoms with Crippen LogP contribution in [-0.4, -0.2) is 18.6 Å². The van der Waals surface area contributed by atoms with Crippen molar-refractivity contribution < 1.29 is 4.74 Å². The van der Waals surface area contributed by atoms with E-state index in [1.165, 1.54) is 16.5 Å². The molecule has 0 bridgehead atoms. The molecule has 0 saturated carbocycles. The Balaban J connectivity index is 2.33. The van der Waals surface area contributed by atoms with Crippen LogP contribution >= 0.6 is 22.9 Å². The number of aromatic nitrogens is 1. The molecule has 1 atom stereocenters. The zero-order chi connectivity index (χ0) is 12.3. The van der Waals surface area contributed by atoms with E-state index in [2.05, 4.69) is 56.6 Å². The first-order chi connectivity index (χ1) is 8.26. The van der Waals surface area contributed by atoms with E-state index in [0.29, 0.717) is 5.92 Å². The van der Waals surface area contributed by atoms with Crippen LogP contribution in [0.15, 0.2) is 24.4 Å². The summed E-state index contributed by atoms with van der Waals surface area (Å²) in [5.41, 5.74) is 2.54. The normalized spacial score (nSPS) is 12.9. The highest BCUT2D eigenvalue weighted by Gasteiger charge is 2.11. The largest absolute Gasteiger partial charge is 0.497 e. The Hall–Kier alpha value is -0.750. The van der Waals surface area contributed by atoms with E-state index in [1.54, 1.807) is 7.11 Å². The fourth-order valence-corrected chi connectivity index (χ4v) is 2.39. The van der Waals surface area contributed by atoms with Crippen LogP contribution in [-0.2, 0) is 0 Å². The number of halogens is 1.